The number of carbonyl (C=O) groups is 6. The van der Waals surface area contributed by atoms with Crippen molar-refractivity contribution in [3.63, 3.8) is 0 Å². The molecule has 24 heteroatoms. The zero-order valence-electron chi connectivity index (χ0n) is 22.8. The van der Waals surface area contributed by atoms with E-state index < -0.39 is 35.8 Å². The molecule has 2 radical (unpaired) electrons. The third-order valence-electron chi connectivity index (χ3n) is 3.09. The summed E-state index contributed by atoms with van der Waals surface area (Å²) in [7, 11) is 0. The summed E-state index contributed by atoms with van der Waals surface area (Å²) in [5.74, 6) is -5.22. The van der Waals surface area contributed by atoms with Crippen molar-refractivity contribution in [3.8, 4) is 0 Å². The summed E-state index contributed by atoms with van der Waals surface area (Å²) in [6.45, 7) is 0. The zero-order valence-corrected chi connectivity index (χ0v) is 30.0. The quantitative estimate of drug-likeness (QED) is 0.0837. The van der Waals surface area contributed by atoms with E-state index in [1.165, 1.54) is 0 Å². The molecule has 0 rings (SSSR count). The number of hydrogen-bond acceptors (Lipinski definition) is 6. The molecule has 0 saturated heterocycles. The van der Waals surface area contributed by atoms with Gasteiger partial charge in [0.15, 0.2) is 0 Å². The first-order valence-electron chi connectivity index (χ1n) is 9.19. The third-order valence-corrected chi connectivity index (χ3v) is 3.09. The molecule has 0 fully saturated rings. The third kappa shape index (κ3) is 141. The number of hydrogen-bond donors (Lipinski definition) is 6. The zero-order chi connectivity index (χ0) is 23.9. The van der Waals surface area contributed by atoms with Gasteiger partial charge in [0.2, 0.25) is 0 Å². The topological polar surface area (TPSA) is 539 Å². The molecule has 0 aromatic heterocycles. The molecule has 0 spiro atoms. The van der Waals surface area contributed by atoms with Crippen molar-refractivity contribution in [2.75, 3.05) is 0 Å². The molecule has 0 aromatic carbocycles. The van der Waals surface area contributed by atoms with Crippen LogP contribution >= 0.6 is 0 Å². The van der Waals surface area contributed by atoms with E-state index in [-0.39, 0.29) is 164 Å². The van der Waals surface area contributed by atoms with Crippen LogP contribution in [0.3, 0.4) is 0 Å². The average molecular weight is 896 g/mol. The van der Waals surface area contributed by atoms with Gasteiger partial charge >= 0.3 is 35.8 Å². The van der Waals surface area contributed by atoms with E-state index in [2.05, 4.69) is 0 Å². The van der Waals surface area contributed by atoms with Crippen LogP contribution < -0.4 is 0 Å². The molecule has 0 aromatic rings. The Bertz CT molecular complexity index is 439. The van der Waals surface area contributed by atoms with Crippen LogP contribution in [0.2, 0.25) is 0 Å². The second-order valence-corrected chi connectivity index (χ2v) is 5.98. The smallest absolute Gasteiger partial charge is 0.303 e. The van der Waals surface area contributed by atoms with E-state index in [9.17, 15) is 28.8 Å². The summed E-state index contributed by atoms with van der Waals surface area (Å²) in [6.07, 6.45) is 3.05. The van der Waals surface area contributed by atoms with Gasteiger partial charge in [0, 0.05) is 110 Å². The predicted octanol–water partition coefficient (Wildman–Crippen LogP) is -6.10. The van der Waals surface area contributed by atoms with Crippen LogP contribution in [-0.2, 0) is 28.8 Å². The van der Waals surface area contributed by atoms with Crippen LogP contribution in [0.1, 0.15) is 77.0 Å². The summed E-state index contributed by atoms with van der Waals surface area (Å²) in [5.41, 5.74) is 0. The molecule has 0 unspecified atom stereocenters. The maximum atomic E-state index is 9.90. The molecule has 260 valence electrons. The van der Waals surface area contributed by atoms with Gasteiger partial charge in [0.25, 0.3) is 0 Å². The molecular formula is C18H50La2O22. The van der Waals surface area contributed by atoms with Gasteiger partial charge in [-0.1, -0.05) is 0 Å². The van der Waals surface area contributed by atoms with E-state index in [0.29, 0.717) is 38.5 Å². The Morgan fingerprint density at radius 2 is 0.333 bits per heavy atom. The summed E-state index contributed by atoms with van der Waals surface area (Å²) in [5, 5.41) is 48.8. The molecule has 42 heavy (non-hydrogen) atoms. The Morgan fingerprint density at radius 1 is 0.262 bits per heavy atom. The Labute approximate surface area is 296 Å². The standard InChI is InChI=1S/3C6H10O4.2La.10H2O/c3*7-5(8)3-1-2-4-6(9)10;;;;;;;;;;;;/h3*1-4H2,(H,7,8)(H,9,10);;;10*1H2. The van der Waals surface area contributed by atoms with E-state index >= 15 is 0 Å². The summed E-state index contributed by atoms with van der Waals surface area (Å²) in [6, 6.07) is 0. The van der Waals surface area contributed by atoms with Crippen molar-refractivity contribution < 1.29 is 185 Å². The molecule has 0 saturated carbocycles. The first-order valence-corrected chi connectivity index (χ1v) is 9.19. The van der Waals surface area contributed by atoms with Gasteiger partial charge < -0.3 is 85.4 Å². The minimum atomic E-state index is -0.870. The number of rotatable bonds is 15. The molecule has 0 aliphatic heterocycles. The van der Waals surface area contributed by atoms with Gasteiger partial charge in [0.1, 0.15) is 0 Å². The molecule has 0 heterocycles. The van der Waals surface area contributed by atoms with Crippen molar-refractivity contribution in [1.29, 1.82) is 0 Å². The second-order valence-electron chi connectivity index (χ2n) is 5.98. The maximum Gasteiger partial charge on any atom is 0.303 e. The summed E-state index contributed by atoms with van der Waals surface area (Å²) >= 11 is 0. The molecule has 0 bridgehead atoms. The molecule has 0 aliphatic rings. The fourth-order valence-corrected chi connectivity index (χ4v) is 1.66. The van der Waals surface area contributed by atoms with Gasteiger partial charge in [-0.25, -0.2) is 0 Å². The minimum Gasteiger partial charge on any atom is -0.481 e. The van der Waals surface area contributed by atoms with Gasteiger partial charge in [-0.15, -0.1) is 0 Å². The molecule has 0 amide bonds. The van der Waals surface area contributed by atoms with Gasteiger partial charge in [-0.05, 0) is 38.5 Å². The number of carboxylic acids is 6. The molecule has 22 nitrogen and oxygen atoms in total. The Hall–Kier alpha value is -1.19. The Balaban J connectivity index is -0.0000000175. The van der Waals surface area contributed by atoms with E-state index in [4.69, 9.17) is 30.6 Å². The first kappa shape index (κ1) is 97.1. The first-order chi connectivity index (χ1) is 13.9. The van der Waals surface area contributed by atoms with Crippen LogP contribution in [0.4, 0.5) is 0 Å². The number of carboxylic acid groups (broad SMARTS) is 6. The molecule has 0 aliphatic carbocycles. The maximum absolute atomic E-state index is 9.90. The number of aliphatic carboxylic acids is 6. The molecule has 0 atom stereocenters. The van der Waals surface area contributed by atoms with Gasteiger partial charge in [-0.3, -0.25) is 28.8 Å². The van der Waals surface area contributed by atoms with Crippen LogP contribution in [0.25, 0.3) is 0 Å². The average Bonchev–Trinajstić information content (AvgIpc) is 2.60. The van der Waals surface area contributed by atoms with Gasteiger partial charge in [0.05, 0.1) is 0 Å². The monoisotopic (exact) mass is 896 g/mol. The van der Waals surface area contributed by atoms with Crippen molar-refractivity contribution in [2.24, 2.45) is 0 Å². The largest absolute Gasteiger partial charge is 0.481 e. The SMILES string of the molecule is O.O.O.O.O.O.O.O.O.O.O=C(O)CCCCC(=O)O.O=C(O)CCCCC(=O)O.O=C(O)CCCCC(=O)O.[La].[La]. The molecule has 26 N–H and O–H groups in total. The normalized spacial score (nSPS) is 6.57. The van der Waals surface area contributed by atoms with Crippen molar-refractivity contribution in [2.45, 2.75) is 77.0 Å². The Morgan fingerprint density at radius 3 is 0.381 bits per heavy atom. The van der Waals surface area contributed by atoms with Crippen LogP contribution in [0.15, 0.2) is 0 Å². The molecular weight excluding hydrogens is 846 g/mol. The van der Waals surface area contributed by atoms with Gasteiger partial charge in [-0.2, -0.15) is 0 Å². The minimum absolute atomic E-state index is 0. The summed E-state index contributed by atoms with van der Waals surface area (Å²) < 4.78 is 0. The fraction of sp³-hybridized carbons (Fsp3) is 0.667. The van der Waals surface area contributed by atoms with Crippen LogP contribution in [-0.4, -0.2) is 121 Å². The number of unbranched alkanes of at least 4 members (excludes halogenated alkanes) is 3. The Kier molecular flexibility index (Phi) is 167. The van der Waals surface area contributed by atoms with Crippen LogP contribution in [0.5, 0.6) is 0 Å². The second kappa shape index (κ2) is 72.2. The fourth-order valence-electron chi connectivity index (χ4n) is 1.66. The van der Waals surface area contributed by atoms with E-state index in [0.717, 1.165) is 0 Å². The van der Waals surface area contributed by atoms with Crippen LogP contribution in [0, 0.1) is 71.2 Å². The predicted molar refractivity (Wildman–Crippen MR) is 137 cm³/mol. The van der Waals surface area contributed by atoms with Crippen molar-refractivity contribution in [1.82, 2.24) is 0 Å². The van der Waals surface area contributed by atoms with Crippen molar-refractivity contribution >= 4 is 35.8 Å². The summed E-state index contributed by atoms with van der Waals surface area (Å²) in [4.78, 5) is 59.4. The van der Waals surface area contributed by atoms with E-state index in [1.807, 2.05) is 0 Å². The van der Waals surface area contributed by atoms with Crippen molar-refractivity contribution in [3.05, 3.63) is 0 Å². The van der Waals surface area contributed by atoms with E-state index in [1.54, 1.807) is 0 Å².